The Morgan fingerprint density at radius 1 is 1.20 bits per heavy atom. The van der Waals surface area contributed by atoms with Crippen LogP contribution in [0.25, 0.3) is 11.3 Å². The van der Waals surface area contributed by atoms with Crippen LogP contribution in [0.2, 0.25) is 0 Å². The minimum absolute atomic E-state index is 0.0589. The number of imidazole rings is 1. The molecule has 4 atom stereocenters. The Kier molecular flexibility index (Phi) is 7.81. The Balaban J connectivity index is 1.16. The number of methoxy groups -OCH3 is 1. The van der Waals surface area contributed by atoms with Gasteiger partial charge in [-0.1, -0.05) is 51.0 Å². The second-order valence-electron chi connectivity index (χ2n) is 12.4. The lowest BCUT2D eigenvalue weighted by atomic mass is 9.83. The largest absolute Gasteiger partial charge is 0.453 e. The van der Waals surface area contributed by atoms with Gasteiger partial charge in [0.2, 0.25) is 5.91 Å². The summed E-state index contributed by atoms with van der Waals surface area (Å²) in [6.07, 6.45) is 11.2. The Labute approximate surface area is 249 Å². The number of H-pyrrole nitrogens is 1. The van der Waals surface area contributed by atoms with Crippen molar-refractivity contribution >= 4 is 39.7 Å². The van der Waals surface area contributed by atoms with Crippen LogP contribution in [0.1, 0.15) is 87.9 Å². The number of hydrogen-bond donors (Lipinski definition) is 2. The highest BCUT2D eigenvalue weighted by molar-refractivity contribution is 9.14. The standard InChI is InChI=1S/C31H39BrN4O3S/c1-18(2)25(35-30(38)39-3)29(37)36-14-6-7-24(36)28-33-17-23(34-28)19-8-10-20(11-9-19)26-21-15-31(12-4-5-13-31)16-22(21)27(32)40-26/h8-11,17-18,21,24-26H,4-7,12-16H2,1-3H3,(H,33,34)(H,35,38)/t21?,24-,25-,26?/m0/s1. The van der Waals surface area contributed by atoms with Crippen molar-refractivity contribution in [3.8, 4) is 11.3 Å². The molecule has 2 amide bonds. The molecular weight excluding hydrogens is 588 g/mol. The van der Waals surface area contributed by atoms with Gasteiger partial charge in [0.05, 0.1) is 28.9 Å². The quantitative estimate of drug-likeness (QED) is 0.347. The number of halogens is 1. The van der Waals surface area contributed by atoms with E-state index < -0.39 is 12.1 Å². The number of thioether (sulfide) groups is 1. The molecule has 2 aliphatic heterocycles. The number of nitrogens with zero attached hydrogens (tertiary/aromatic N) is 2. The Morgan fingerprint density at radius 3 is 2.65 bits per heavy atom. The van der Waals surface area contributed by atoms with Crippen LogP contribution < -0.4 is 5.32 Å². The molecule has 1 aromatic heterocycles. The van der Waals surface area contributed by atoms with Crippen molar-refractivity contribution in [1.82, 2.24) is 20.2 Å². The third-order valence-corrected chi connectivity index (χ3v) is 12.0. The van der Waals surface area contributed by atoms with E-state index in [9.17, 15) is 9.59 Å². The molecule has 1 aromatic carbocycles. The molecule has 2 saturated carbocycles. The zero-order valence-electron chi connectivity index (χ0n) is 23.5. The summed E-state index contributed by atoms with van der Waals surface area (Å²) in [4.78, 5) is 35.4. The summed E-state index contributed by atoms with van der Waals surface area (Å²) in [5.41, 5.74) is 5.67. The molecule has 2 aromatic rings. The lowest BCUT2D eigenvalue weighted by molar-refractivity contribution is -0.135. The van der Waals surface area contributed by atoms with E-state index >= 15 is 0 Å². The number of rotatable bonds is 6. The summed E-state index contributed by atoms with van der Waals surface area (Å²) in [7, 11) is 1.31. The number of carbonyl (C=O) groups is 2. The highest BCUT2D eigenvalue weighted by Gasteiger charge is 2.50. The van der Waals surface area contributed by atoms with Crippen LogP contribution in [0.15, 0.2) is 39.8 Å². The molecule has 7 nitrogen and oxygen atoms in total. The summed E-state index contributed by atoms with van der Waals surface area (Å²) < 4.78 is 6.13. The number of amides is 2. The Morgan fingerprint density at radius 2 is 1.95 bits per heavy atom. The van der Waals surface area contributed by atoms with Crippen molar-refractivity contribution in [2.45, 2.75) is 82.5 Å². The molecular formula is C31H39BrN4O3S. The van der Waals surface area contributed by atoms with E-state index in [1.807, 2.05) is 36.7 Å². The zero-order chi connectivity index (χ0) is 28.0. The summed E-state index contributed by atoms with van der Waals surface area (Å²) >= 11 is 5.91. The fourth-order valence-corrected chi connectivity index (χ4v) is 9.83. The third kappa shape index (κ3) is 5.13. The van der Waals surface area contributed by atoms with E-state index in [1.165, 1.54) is 55.0 Å². The van der Waals surface area contributed by atoms with Gasteiger partial charge in [0.1, 0.15) is 11.9 Å². The van der Waals surface area contributed by atoms with Gasteiger partial charge in [-0.3, -0.25) is 4.79 Å². The second kappa shape index (κ2) is 11.2. The molecule has 9 heteroatoms. The van der Waals surface area contributed by atoms with Gasteiger partial charge >= 0.3 is 6.09 Å². The van der Waals surface area contributed by atoms with Crippen LogP contribution in [0.3, 0.4) is 0 Å². The first-order valence-electron chi connectivity index (χ1n) is 14.6. The van der Waals surface area contributed by atoms with Gasteiger partial charge in [-0.05, 0) is 88.4 Å². The van der Waals surface area contributed by atoms with E-state index in [0.717, 1.165) is 29.9 Å². The number of carbonyl (C=O) groups excluding carboxylic acids is 2. The van der Waals surface area contributed by atoms with Crippen molar-refractivity contribution in [2.75, 3.05) is 13.7 Å². The molecule has 1 saturated heterocycles. The normalized spacial score (nSPS) is 26.1. The van der Waals surface area contributed by atoms with Crippen molar-refractivity contribution in [3.05, 3.63) is 51.2 Å². The highest BCUT2D eigenvalue weighted by atomic mass is 79.9. The van der Waals surface area contributed by atoms with Crippen molar-refractivity contribution in [1.29, 1.82) is 0 Å². The fourth-order valence-electron chi connectivity index (χ4n) is 7.48. The number of allylic oxidation sites excluding steroid dienone is 1. The average Bonchev–Trinajstić information content (AvgIpc) is 3.78. The van der Waals surface area contributed by atoms with Gasteiger partial charge in [-0.15, -0.1) is 11.8 Å². The van der Waals surface area contributed by atoms with Gasteiger partial charge in [-0.2, -0.15) is 0 Å². The number of fused-ring (bicyclic) bond motifs is 1. The molecule has 4 aliphatic rings. The third-order valence-electron chi connectivity index (χ3n) is 9.57. The molecule has 0 radical (unpaired) electrons. The molecule has 2 N–H and O–H groups in total. The predicted molar refractivity (Wildman–Crippen MR) is 162 cm³/mol. The molecule has 3 fully saturated rings. The minimum atomic E-state index is -0.637. The SMILES string of the molecule is COC(=O)N[C@H](C(=O)N1CCC[C@H]1c1ncc(-c2ccc(C3SC(Br)=C4CC5(CCCC5)CC43)cc2)[nH]1)C(C)C. The van der Waals surface area contributed by atoms with Gasteiger partial charge < -0.3 is 19.9 Å². The smallest absolute Gasteiger partial charge is 0.407 e. The number of aromatic amines is 1. The Hall–Kier alpha value is -2.26. The van der Waals surface area contributed by atoms with Crippen LogP contribution in [0.4, 0.5) is 4.79 Å². The van der Waals surface area contributed by atoms with Crippen molar-refractivity contribution in [3.63, 3.8) is 0 Å². The summed E-state index contributed by atoms with van der Waals surface area (Å²) in [5.74, 6) is 1.29. The Bertz CT molecular complexity index is 1300. The first kappa shape index (κ1) is 27.9. The van der Waals surface area contributed by atoms with Gasteiger partial charge in [0, 0.05) is 11.8 Å². The van der Waals surface area contributed by atoms with Crippen LogP contribution in [-0.2, 0) is 9.53 Å². The molecule has 6 rings (SSSR count). The van der Waals surface area contributed by atoms with E-state index in [2.05, 4.69) is 50.5 Å². The maximum absolute atomic E-state index is 13.5. The molecule has 40 heavy (non-hydrogen) atoms. The first-order valence-corrected chi connectivity index (χ1v) is 16.3. The summed E-state index contributed by atoms with van der Waals surface area (Å²) in [5, 5.41) is 3.20. The van der Waals surface area contributed by atoms with Crippen molar-refractivity contribution in [2.24, 2.45) is 17.3 Å². The van der Waals surface area contributed by atoms with Crippen molar-refractivity contribution < 1.29 is 14.3 Å². The molecule has 2 aliphatic carbocycles. The lowest BCUT2D eigenvalue weighted by Crippen LogP contribution is -2.51. The number of benzene rings is 1. The maximum atomic E-state index is 13.5. The maximum Gasteiger partial charge on any atom is 0.407 e. The van der Waals surface area contributed by atoms with E-state index in [4.69, 9.17) is 9.72 Å². The van der Waals surface area contributed by atoms with Gasteiger partial charge in [0.25, 0.3) is 0 Å². The minimum Gasteiger partial charge on any atom is -0.453 e. The molecule has 214 valence electrons. The van der Waals surface area contributed by atoms with Crippen LogP contribution >= 0.6 is 27.7 Å². The number of aromatic nitrogens is 2. The fraction of sp³-hybridized carbons (Fsp3) is 0.581. The van der Waals surface area contributed by atoms with Crippen LogP contribution in [0.5, 0.6) is 0 Å². The average molecular weight is 628 g/mol. The number of hydrogen-bond acceptors (Lipinski definition) is 5. The predicted octanol–water partition coefficient (Wildman–Crippen LogP) is 7.49. The monoisotopic (exact) mass is 626 g/mol. The van der Waals surface area contributed by atoms with E-state index in [1.54, 1.807) is 5.57 Å². The number of alkyl carbamates (subject to hydrolysis) is 1. The summed E-state index contributed by atoms with van der Waals surface area (Å²) in [6, 6.07) is 8.20. The van der Waals surface area contributed by atoms with Crippen LogP contribution in [0, 0.1) is 17.3 Å². The number of likely N-dealkylation sites (tertiary alicyclic amines) is 1. The summed E-state index contributed by atoms with van der Waals surface area (Å²) in [6.45, 7) is 4.50. The molecule has 3 heterocycles. The van der Waals surface area contributed by atoms with Gasteiger partial charge in [0.15, 0.2) is 0 Å². The second-order valence-corrected chi connectivity index (χ2v) is 14.9. The zero-order valence-corrected chi connectivity index (χ0v) is 25.9. The molecule has 0 bridgehead atoms. The van der Waals surface area contributed by atoms with Crippen LogP contribution in [-0.4, -0.2) is 46.6 Å². The van der Waals surface area contributed by atoms with E-state index in [0.29, 0.717) is 23.1 Å². The van der Waals surface area contributed by atoms with Gasteiger partial charge in [-0.25, -0.2) is 9.78 Å². The lowest BCUT2D eigenvalue weighted by Gasteiger charge is -2.30. The topological polar surface area (TPSA) is 87.3 Å². The number of nitrogens with one attached hydrogen (secondary N) is 2. The number of ether oxygens (including phenoxy) is 1. The van der Waals surface area contributed by atoms with E-state index in [-0.39, 0.29) is 17.9 Å². The highest BCUT2D eigenvalue weighted by Crippen LogP contribution is 2.66. The first-order chi connectivity index (χ1) is 19.3. The molecule has 2 unspecified atom stereocenters. The molecule has 1 spiro atoms.